The van der Waals surface area contributed by atoms with Gasteiger partial charge < -0.3 is 20.9 Å². The number of rotatable bonds is 5. The molecule has 3 fully saturated rings. The van der Waals surface area contributed by atoms with Gasteiger partial charge in [0, 0.05) is 61.7 Å². The number of aliphatic hydroxyl groups is 1. The molecule has 1 amide bonds. The molecule has 2 aliphatic heterocycles. The number of amides is 1. The lowest BCUT2D eigenvalue weighted by Gasteiger charge is -2.30. The molecule has 3 aromatic rings. The summed E-state index contributed by atoms with van der Waals surface area (Å²) in [4.78, 5) is 19.9. The van der Waals surface area contributed by atoms with Crippen LogP contribution in [-0.2, 0) is 4.74 Å². The van der Waals surface area contributed by atoms with Crippen LogP contribution in [0.2, 0.25) is 0 Å². The summed E-state index contributed by atoms with van der Waals surface area (Å²) in [5, 5.41) is 18.8. The molecule has 196 valence electrons. The van der Waals surface area contributed by atoms with Crippen LogP contribution in [-0.4, -0.2) is 75.2 Å². The molecule has 37 heavy (non-hydrogen) atoms. The number of likely N-dealkylation sites (tertiary alicyclic amines) is 1. The Bertz CT molecular complexity index is 1260. The molecule has 0 radical (unpaired) electrons. The average molecular weight is 505 g/mol. The Morgan fingerprint density at radius 1 is 1.03 bits per heavy atom. The van der Waals surface area contributed by atoms with Crippen LogP contribution in [0.1, 0.15) is 61.3 Å². The fourth-order valence-electron chi connectivity index (χ4n) is 6.08. The van der Waals surface area contributed by atoms with Crippen LogP contribution in [0.3, 0.4) is 0 Å². The Morgan fingerprint density at radius 3 is 2.65 bits per heavy atom. The molecule has 0 spiro atoms. The normalized spacial score (nSPS) is 25.5. The summed E-state index contributed by atoms with van der Waals surface area (Å²) in [5.41, 5.74) is 9.27. The number of benzene rings is 1. The number of aliphatic hydroxyl groups excluding tert-OH is 1. The lowest BCUT2D eigenvalue weighted by molar-refractivity contribution is 0.0412. The molecular formula is C28H36N6O3. The number of hydrogen-bond donors (Lipinski definition) is 3. The van der Waals surface area contributed by atoms with Gasteiger partial charge in [-0.15, -0.1) is 0 Å². The van der Waals surface area contributed by atoms with Gasteiger partial charge in [0.1, 0.15) is 5.82 Å². The predicted molar refractivity (Wildman–Crippen MR) is 142 cm³/mol. The summed E-state index contributed by atoms with van der Waals surface area (Å²) in [6.07, 6.45) is 9.92. The molecule has 4 N–H and O–H groups in total. The zero-order valence-electron chi connectivity index (χ0n) is 21.2. The van der Waals surface area contributed by atoms with Crippen LogP contribution in [0.25, 0.3) is 22.0 Å². The van der Waals surface area contributed by atoms with E-state index in [0.717, 1.165) is 80.4 Å². The number of nitrogens with one attached hydrogen (secondary N) is 1. The van der Waals surface area contributed by atoms with E-state index in [4.69, 9.17) is 15.6 Å². The van der Waals surface area contributed by atoms with E-state index in [0.29, 0.717) is 30.5 Å². The standard InChI is InChI=1S/C28H36N6O3/c29-27-25(28(36)31-21-2-4-24(35)5-3-21)14-19(15-30-27)18-1-6-26-20(13-18)16-34(32-26)23-7-10-33(17-23)22-8-11-37-12-9-22/h1,6,13-16,21-24,35H,2-5,7-12,17H2,(H2,29,30)(H,31,36). The molecule has 3 aliphatic rings. The quantitative estimate of drug-likeness (QED) is 0.488. The number of fused-ring (bicyclic) bond motifs is 1. The molecule has 2 saturated heterocycles. The van der Waals surface area contributed by atoms with Gasteiger partial charge >= 0.3 is 0 Å². The SMILES string of the molecule is Nc1ncc(-c2ccc3nn(C4CCN(C5CCOCC5)C4)cc3c2)cc1C(=O)NC1CCC(O)CC1. The first kappa shape index (κ1) is 24.3. The van der Waals surface area contributed by atoms with Crippen molar-refractivity contribution in [1.82, 2.24) is 25.0 Å². The third-order valence-corrected chi connectivity index (χ3v) is 8.33. The van der Waals surface area contributed by atoms with Crippen LogP contribution >= 0.6 is 0 Å². The fourth-order valence-corrected chi connectivity index (χ4v) is 6.08. The molecule has 4 heterocycles. The summed E-state index contributed by atoms with van der Waals surface area (Å²) >= 11 is 0. The maximum Gasteiger partial charge on any atom is 0.255 e. The van der Waals surface area contributed by atoms with E-state index < -0.39 is 0 Å². The molecule has 1 saturated carbocycles. The lowest BCUT2D eigenvalue weighted by Crippen LogP contribution is -2.38. The van der Waals surface area contributed by atoms with Gasteiger partial charge in [0.15, 0.2) is 0 Å². The average Bonchev–Trinajstić information content (AvgIpc) is 3.58. The Hall–Kier alpha value is -3.01. The number of carbonyl (C=O) groups excluding carboxylic acids is 1. The van der Waals surface area contributed by atoms with Crippen LogP contribution in [0, 0.1) is 0 Å². The van der Waals surface area contributed by atoms with Crippen LogP contribution in [0.15, 0.2) is 36.7 Å². The highest BCUT2D eigenvalue weighted by Crippen LogP contribution is 2.30. The van der Waals surface area contributed by atoms with Gasteiger partial charge in [-0.25, -0.2) is 4.98 Å². The van der Waals surface area contributed by atoms with E-state index in [1.165, 1.54) is 0 Å². The van der Waals surface area contributed by atoms with Gasteiger partial charge in [0.2, 0.25) is 0 Å². The molecule has 9 heteroatoms. The van der Waals surface area contributed by atoms with E-state index >= 15 is 0 Å². The minimum Gasteiger partial charge on any atom is -0.393 e. The van der Waals surface area contributed by atoms with Gasteiger partial charge in [-0.2, -0.15) is 5.10 Å². The molecule has 6 rings (SSSR count). The van der Waals surface area contributed by atoms with Crippen molar-refractivity contribution in [1.29, 1.82) is 0 Å². The minimum atomic E-state index is -0.262. The number of nitrogen functional groups attached to an aromatic ring is 1. The molecular weight excluding hydrogens is 468 g/mol. The number of pyridine rings is 1. The Morgan fingerprint density at radius 2 is 1.84 bits per heavy atom. The molecule has 1 aliphatic carbocycles. The zero-order chi connectivity index (χ0) is 25.4. The van der Waals surface area contributed by atoms with E-state index in [-0.39, 0.29) is 23.9 Å². The van der Waals surface area contributed by atoms with Gasteiger partial charge in [0.25, 0.3) is 5.91 Å². The number of nitrogens with two attached hydrogens (primary N) is 1. The highest BCUT2D eigenvalue weighted by Gasteiger charge is 2.30. The van der Waals surface area contributed by atoms with E-state index in [1.807, 2.05) is 18.2 Å². The van der Waals surface area contributed by atoms with Crippen molar-refractivity contribution in [2.24, 2.45) is 0 Å². The van der Waals surface area contributed by atoms with Crippen molar-refractivity contribution < 1.29 is 14.6 Å². The van der Waals surface area contributed by atoms with Crippen molar-refractivity contribution in [3.05, 3.63) is 42.2 Å². The van der Waals surface area contributed by atoms with Crippen LogP contribution < -0.4 is 11.1 Å². The van der Waals surface area contributed by atoms with Crippen LogP contribution in [0.4, 0.5) is 5.82 Å². The highest BCUT2D eigenvalue weighted by molar-refractivity contribution is 5.99. The van der Waals surface area contributed by atoms with Gasteiger partial charge in [-0.1, -0.05) is 6.07 Å². The molecule has 1 atom stereocenters. The van der Waals surface area contributed by atoms with Crippen molar-refractivity contribution in [2.75, 3.05) is 32.0 Å². The van der Waals surface area contributed by atoms with Crippen molar-refractivity contribution in [3.63, 3.8) is 0 Å². The van der Waals surface area contributed by atoms with Gasteiger partial charge in [0.05, 0.1) is 23.2 Å². The predicted octanol–water partition coefficient (Wildman–Crippen LogP) is 3.14. The second-order valence-corrected chi connectivity index (χ2v) is 10.8. The van der Waals surface area contributed by atoms with Crippen molar-refractivity contribution in [2.45, 2.75) is 69.2 Å². The van der Waals surface area contributed by atoms with Gasteiger partial charge in [-0.3, -0.25) is 14.4 Å². The third kappa shape index (κ3) is 5.21. The Kier molecular flexibility index (Phi) is 6.84. The summed E-state index contributed by atoms with van der Waals surface area (Å²) in [6.45, 7) is 3.88. The molecule has 1 unspecified atom stereocenters. The van der Waals surface area contributed by atoms with Crippen molar-refractivity contribution >= 4 is 22.6 Å². The second kappa shape index (κ2) is 10.4. The number of ether oxygens (including phenoxy) is 1. The topological polar surface area (TPSA) is 119 Å². The number of hydrogen-bond acceptors (Lipinski definition) is 7. The number of nitrogens with zero attached hydrogens (tertiary/aromatic N) is 4. The number of carbonyl (C=O) groups is 1. The Balaban J connectivity index is 1.18. The van der Waals surface area contributed by atoms with E-state index in [1.54, 1.807) is 6.20 Å². The van der Waals surface area contributed by atoms with E-state index in [9.17, 15) is 9.90 Å². The molecule has 2 aromatic heterocycles. The molecule has 1 aromatic carbocycles. The maximum absolute atomic E-state index is 13.0. The smallest absolute Gasteiger partial charge is 0.255 e. The molecule has 9 nitrogen and oxygen atoms in total. The zero-order valence-corrected chi connectivity index (χ0v) is 21.2. The highest BCUT2D eigenvalue weighted by atomic mass is 16.5. The second-order valence-electron chi connectivity index (χ2n) is 10.8. The molecule has 0 bridgehead atoms. The lowest BCUT2D eigenvalue weighted by atomic mass is 9.93. The summed E-state index contributed by atoms with van der Waals surface area (Å²) in [7, 11) is 0. The fraction of sp³-hybridized carbons (Fsp3) is 0.536. The van der Waals surface area contributed by atoms with Gasteiger partial charge in [-0.05, 0) is 68.7 Å². The first-order chi connectivity index (χ1) is 18.0. The monoisotopic (exact) mass is 504 g/mol. The number of aromatic nitrogens is 3. The number of anilines is 1. The van der Waals surface area contributed by atoms with Crippen LogP contribution in [0.5, 0.6) is 0 Å². The summed E-state index contributed by atoms with van der Waals surface area (Å²) in [6, 6.07) is 9.07. The summed E-state index contributed by atoms with van der Waals surface area (Å²) in [5.74, 6) is 0.0127. The first-order valence-electron chi connectivity index (χ1n) is 13.6. The third-order valence-electron chi connectivity index (χ3n) is 8.33. The van der Waals surface area contributed by atoms with Crippen molar-refractivity contribution in [3.8, 4) is 11.1 Å². The summed E-state index contributed by atoms with van der Waals surface area (Å²) < 4.78 is 7.67. The maximum atomic E-state index is 13.0. The Labute approximate surface area is 217 Å². The minimum absolute atomic E-state index is 0.0547. The van der Waals surface area contributed by atoms with E-state index in [2.05, 4.69) is 32.1 Å². The first-order valence-corrected chi connectivity index (χ1v) is 13.6. The largest absolute Gasteiger partial charge is 0.393 e.